The van der Waals surface area contributed by atoms with Gasteiger partial charge in [-0.25, -0.2) is 0 Å². The summed E-state index contributed by atoms with van der Waals surface area (Å²) in [6.07, 6.45) is 0. The molecule has 0 saturated heterocycles. The molecule has 0 radical (unpaired) electrons. The number of hydrogen-bond acceptors (Lipinski definition) is 2. The Balaban J connectivity index is 2.31. The van der Waals surface area contributed by atoms with Gasteiger partial charge in [-0.2, -0.15) is 5.26 Å². The lowest BCUT2D eigenvalue weighted by molar-refractivity contribution is 0.926. The normalized spacial score (nSPS) is 11.8. The Morgan fingerprint density at radius 3 is 2.00 bits per heavy atom. The van der Waals surface area contributed by atoms with E-state index in [9.17, 15) is 0 Å². The standard InChI is InChI=1S/C14H12N2/c15-10-14(16)13-8-6-12(7-9-13)11-4-2-1-3-5-11/h1-9,14H,16H2. The lowest BCUT2D eigenvalue weighted by atomic mass is 10.0. The van der Waals surface area contributed by atoms with Gasteiger partial charge in [0.05, 0.1) is 6.07 Å². The van der Waals surface area contributed by atoms with Crippen molar-refractivity contribution in [2.75, 3.05) is 0 Å². The number of nitrogens with zero attached hydrogens (tertiary/aromatic N) is 1. The van der Waals surface area contributed by atoms with Crippen LogP contribution in [0.3, 0.4) is 0 Å². The average Bonchev–Trinajstić information content (AvgIpc) is 2.39. The molecule has 2 aromatic rings. The summed E-state index contributed by atoms with van der Waals surface area (Å²) in [5.74, 6) is 0. The predicted molar refractivity (Wildman–Crippen MR) is 64.4 cm³/mol. The van der Waals surface area contributed by atoms with E-state index in [1.165, 1.54) is 5.56 Å². The molecule has 0 aliphatic heterocycles. The molecule has 2 nitrogen and oxygen atoms in total. The molecular formula is C14H12N2. The van der Waals surface area contributed by atoms with E-state index < -0.39 is 6.04 Å². The highest BCUT2D eigenvalue weighted by Crippen LogP contribution is 2.20. The highest BCUT2D eigenvalue weighted by atomic mass is 14.6. The molecule has 2 aromatic carbocycles. The van der Waals surface area contributed by atoms with E-state index in [0.29, 0.717) is 0 Å². The molecular weight excluding hydrogens is 196 g/mol. The Kier molecular flexibility index (Phi) is 3.00. The minimum Gasteiger partial charge on any atom is -0.312 e. The second kappa shape index (κ2) is 4.61. The van der Waals surface area contributed by atoms with Crippen LogP contribution in [-0.2, 0) is 0 Å². The molecule has 0 aromatic heterocycles. The summed E-state index contributed by atoms with van der Waals surface area (Å²) in [5, 5.41) is 8.70. The number of nitrogens with two attached hydrogens (primary N) is 1. The van der Waals surface area contributed by atoms with Gasteiger partial charge in [-0.1, -0.05) is 54.6 Å². The molecule has 2 heteroatoms. The van der Waals surface area contributed by atoms with Crippen LogP contribution in [-0.4, -0.2) is 0 Å². The van der Waals surface area contributed by atoms with Gasteiger partial charge >= 0.3 is 0 Å². The van der Waals surface area contributed by atoms with Crippen molar-refractivity contribution >= 4 is 0 Å². The van der Waals surface area contributed by atoms with Crippen LogP contribution in [0.5, 0.6) is 0 Å². The van der Waals surface area contributed by atoms with Crippen LogP contribution in [0.15, 0.2) is 54.6 Å². The third-order valence-electron chi connectivity index (χ3n) is 2.52. The van der Waals surface area contributed by atoms with Crippen molar-refractivity contribution in [3.63, 3.8) is 0 Å². The first-order valence-electron chi connectivity index (χ1n) is 5.12. The Labute approximate surface area is 95.0 Å². The van der Waals surface area contributed by atoms with Gasteiger partial charge in [-0.15, -0.1) is 0 Å². The summed E-state index contributed by atoms with van der Waals surface area (Å²) in [6.45, 7) is 0. The topological polar surface area (TPSA) is 49.8 Å². The molecule has 16 heavy (non-hydrogen) atoms. The quantitative estimate of drug-likeness (QED) is 0.825. The zero-order valence-electron chi connectivity index (χ0n) is 8.80. The fourth-order valence-electron chi connectivity index (χ4n) is 1.59. The van der Waals surface area contributed by atoms with Crippen LogP contribution in [0.4, 0.5) is 0 Å². The molecule has 0 saturated carbocycles. The highest BCUT2D eigenvalue weighted by Gasteiger charge is 2.03. The summed E-state index contributed by atoms with van der Waals surface area (Å²) in [5.41, 5.74) is 8.77. The summed E-state index contributed by atoms with van der Waals surface area (Å²) < 4.78 is 0. The van der Waals surface area contributed by atoms with Crippen molar-refractivity contribution in [2.45, 2.75) is 6.04 Å². The number of nitriles is 1. The van der Waals surface area contributed by atoms with E-state index in [2.05, 4.69) is 12.1 Å². The third-order valence-corrected chi connectivity index (χ3v) is 2.52. The number of hydrogen-bond donors (Lipinski definition) is 1. The molecule has 2 rings (SSSR count). The maximum Gasteiger partial charge on any atom is 0.118 e. The van der Waals surface area contributed by atoms with Gasteiger partial charge in [-0.05, 0) is 16.7 Å². The molecule has 1 unspecified atom stereocenters. The molecule has 1 atom stereocenters. The second-order valence-corrected chi connectivity index (χ2v) is 3.59. The van der Waals surface area contributed by atoms with Crippen molar-refractivity contribution in [1.29, 1.82) is 5.26 Å². The summed E-state index contributed by atoms with van der Waals surface area (Å²) in [7, 11) is 0. The van der Waals surface area contributed by atoms with Gasteiger partial charge in [0.1, 0.15) is 6.04 Å². The highest BCUT2D eigenvalue weighted by molar-refractivity contribution is 5.63. The van der Waals surface area contributed by atoms with Gasteiger partial charge < -0.3 is 5.73 Å². The molecule has 2 N–H and O–H groups in total. The minimum atomic E-state index is -0.537. The smallest absolute Gasteiger partial charge is 0.118 e. The Morgan fingerprint density at radius 2 is 1.44 bits per heavy atom. The maximum absolute atomic E-state index is 8.70. The third kappa shape index (κ3) is 2.10. The molecule has 0 heterocycles. The van der Waals surface area contributed by atoms with Crippen molar-refractivity contribution in [3.8, 4) is 17.2 Å². The monoisotopic (exact) mass is 208 g/mol. The predicted octanol–water partition coefficient (Wildman–Crippen LogP) is 2.88. The average molecular weight is 208 g/mol. The van der Waals surface area contributed by atoms with Crippen LogP contribution in [0.25, 0.3) is 11.1 Å². The molecule has 0 spiro atoms. The fourth-order valence-corrected chi connectivity index (χ4v) is 1.59. The van der Waals surface area contributed by atoms with Gasteiger partial charge in [0.2, 0.25) is 0 Å². The maximum atomic E-state index is 8.70. The largest absolute Gasteiger partial charge is 0.312 e. The molecule has 0 aliphatic rings. The minimum absolute atomic E-state index is 0.537. The summed E-state index contributed by atoms with van der Waals surface area (Å²) >= 11 is 0. The van der Waals surface area contributed by atoms with E-state index in [0.717, 1.165) is 11.1 Å². The number of rotatable bonds is 2. The first-order chi connectivity index (χ1) is 7.81. The van der Waals surface area contributed by atoms with Crippen molar-refractivity contribution in [1.82, 2.24) is 0 Å². The van der Waals surface area contributed by atoms with Crippen LogP contribution in [0.1, 0.15) is 11.6 Å². The van der Waals surface area contributed by atoms with Crippen molar-refractivity contribution in [2.24, 2.45) is 5.73 Å². The zero-order chi connectivity index (χ0) is 11.4. The van der Waals surface area contributed by atoms with Gasteiger partial charge in [0.15, 0.2) is 0 Å². The molecule has 0 amide bonds. The Morgan fingerprint density at radius 1 is 0.875 bits per heavy atom. The fraction of sp³-hybridized carbons (Fsp3) is 0.0714. The Bertz CT molecular complexity index is 495. The summed E-state index contributed by atoms with van der Waals surface area (Å²) in [6, 6.07) is 19.4. The van der Waals surface area contributed by atoms with Gasteiger partial charge in [0, 0.05) is 0 Å². The second-order valence-electron chi connectivity index (χ2n) is 3.59. The molecule has 0 fully saturated rings. The zero-order valence-corrected chi connectivity index (χ0v) is 8.80. The van der Waals surface area contributed by atoms with E-state index in [1.54, 1.807) is 0 Å². The number of benzene rings is 2. The van der Waals surface area contributed by atoms with Crippen LogP contribution >= 0.6 is 0 Å². The van der Waals surface area contributed by atoms with Crippen LogP contribution in [0, 0.1) is 11.3 Å². The van der Waals surface area contributed by atoms with Crippen molar-refractivity contribution in [3.05, 3.63) is 60.2 Å². The van der Waals surface area contributed by atoms with Gasteiger partial charge in [0.25, 0.3) is 0 Å². The Hall–Kier alpha value is -2.11. The van der Waals surface area contributed by atoms with E-state index in [4.69, 9.17) is 11.0 Å². The van der Waals surface area contributed by atoms with Crippen LogP contribution < -0.4 is 5.73 Å². The van der Waals surface area contributed by atoms with Gasteiger partial charge in [-0.3, -0.25) is 0 Å². The molecule has 0 aliphatic carbocycles. The first kappa shape index (κ1) is 10.4. The summed E-state index contributed by atoms with van der Waals surface area (Å²) in [4.78, 5) is 0. The van der Waals surface area contributed by atoms with Crippen LogP contribution in [0.2, 0.25) is 0 Å². The SMILES string of the molecule is N#CC(N)c1ccc(-c2ccccc2)cc1. The first-order valence-corrected chi connectivity index (χ1v) is 5.12. The van der Waals surface area contributed by atoms with E-state index >= 15 is 0 Å². The van der Waals surface area contributed by atoms with E-state index in [-0.39, 0.29) is 0 Å². The lowest BCUT2D eigenvalue weighted by Gasteiger charge is -2.05. The molecule has 78 valence electrons. The lowest BCUT2D eigenvalue weighted by Crippen LogP contribution is -2.06. The molecule has 0 bridgehead atoms. The van der Waals surface area contributed by atoms with Crippen molar-refractivity contribution < 1.29 is 0 Å². The van der Waals surface area contributed by atoms with E-state index in [1.807, 2.05) is 48.5 Å².